The number of hydrogen-bond acceptors (Lipinski definition) is 3. The predicted molar refractivity (Wildman–Crippen MR) is 153 cm³/mol. The van der Waals surface area contributed by atoms with Crippen molar-refractivity contribution in [3.63, 3.8) is 0 Å². The lowest BCUT2D eigenvalue weighted by atomic mass is 9.69. The SMILES string of the molecule is CCCC(CCO)COc1ccc(C(CC)(CC)c2ccc(CCC(O)C(C)(C)C)c(C)c2)cc1C. The minimum absolute atomic E-state index is 0.0425. The molecule has 0 aliphatic carbocycles. The first-order valence-electron chi connectivity index (χ1n) is 14.1. The highest BCUT2D eigenvalue weighted by Gasteiger charge is 2.31. The molecule has 0 bridgehead atoms. The molecule has 36 heavy (non-hydrogen) atoms. The van der Waals surface area contributed by atoms with E-state index in [4.69, 9.17) is 4.74 Å². The van der Waals surface area contributed by atoms with Crippen molar-refractivity contribution in [1.82, 2.24) is 0 Å². The molecule has 0 aromatic heterocycles. The van der Waals surface area contributed by atoms with Crippen molar-refractivity contribution in [1.29, 1.82) is 0 Å². The summed E-state index contributed by atoms with van der Waals surface area (Å²) in [7, 11) is 0. The Balaban J connectivity index is 2.27. The highest BCUT2D eigenvalue weighted by Crippen LogP contribution is 2.41. The van der Waals surface area contributed by atoms with E-state index in [1.165, 1.54) is 27.8 Å². The fraction of sp³-hybridized carbons (Fsp3) is 0.636. The molecule has 0 aliphatic heterocycles. The molecule has 3 nitrogen and oxygen atoms in total. The van der Waals surface area contributed by atoms with Gasteiger partial charge in [-0.1, -0.05) is 78.3 Å². The zero-order valence-corrected chi connectivity index (χ0v) is 24.3. The molecule has 2 unspecified atom stereocenters. The number of aryl methyl sites for hydroxylation is 3. The molecule has 2 rings (SSSR count). The number of rotatable bonds is 14. The fourth-order valence-electron chi connectivity index (χ4n) is 5.45. The van der Waals surface area contributed by atoms with Crippen LogP contribution in [0.4, 0.5) is 0 Å². The summed E-state index contributed by atoms with van der Waals surface area (Å²) in [4.78, 5) is 0. The van der Waals surface area contributed by atoms with Gasteiger partial charge >= 0.3 is 0 Å². The zero-order valence-electron chi connectivity index (χ0n) is 24.3. The molecule has 0 saturated carbocycles. The Morgan fingerprint density at radius 3 is 1.94 bits per heavy atom. The summed E-state index contributed by atoms with van der Waals surface area (Å²) >= 11 is 0. The summed E-state index contributed by atoms with van der Waals surface area (Å²) < 4.78 is 6.22. The summed E-state index contributed by atoms with van der Waals surface area (Å²) in [6.07, 6.45) is 6.43. The zero-order chi connectivity index (χ0) is 26.9. The van der Waals surface area contributed by atoms with Crippen LogP contribution in [0.3, 0.4) is 0 Å². The Labute approximate surface area is 221 Å². The molecule has 2 aromatic rings. The van der Waals surface area contributed by atoms with Gasteiger partial charge in [0.2, 0.25) is 0 Å². The average molecular weight is 497 g/mol. The maximum atomic E-state index is 10.5. The Hall–Kier alpha value is -1.84. The van der Waals surface area contributed by atoms with E-state index >= 15 is 0 Å². The minimum atomic E-state index is -0.299. The number of benzene rings is 2. The molecule has 202 valence electrons. The van der Waals surface area contributed by atoms with Crippen molar-refractivity contribution in [3.8, 4) is 5.75 Å². The van der Waals surface area contributed by atoms with E-state index in [0.717, 1.165) is 50.7 Å². The fourth-order valence-corrected chi connectivity index (χ4v) is 5.45. The van der Waals surface area contributed by atoms with Crippen LogP contribution in [-0.4, -0.2) is 29.5 Å². The summed E-state index contributed by atoms with van der Waals surface area (Å²) in [6, 6.07) is 13.7. The van der Waals surface area contributed by atoms with Crippen molar-refractivity contribution in [3.05, 3.63) is 64.2 Å². The van der Waals surface area contributed by atoms with Crippen LogP contribution >= 0.6 is 0 Å². The van der Waals surface area contributed by atoms with E-state index in [-0.39, 0.29) is 23.5 Å². The Morgan fingerprint density at radius 2 is 1.44 bits per heavy atom. The molecule has 2 N–H and O–H groups in total. The third-order valence-electron chi connectivity index (χ3n) is 8.23. The Kier molecular flexibility index (Phi) is 11.5. The van der Waals surface area contributed by atoms with Crippen molar-refractivity contribution in [2.24, 2.45) is 11.3 Å². The van der Waals surface area contributed by atoms with Gasteiger partial charge in [-0.15, -0.1) is 0 Å². The number of aliphatic hydroxyl groups is 2. The quantitative estimate of drug-likeness (QED) is 0.279. The molecular formula is C33H52O3. The first-order valence-corrected chi connectivity index (χ1v) is 14.1. The first kappa shape index (κ1) is 30.4. The average Bonchev–Trinajstić information content (AvgIpc) is 2.83. The molecule has 0 saturated heterocycles. The third-order valence-corrected chi connectivity index (χ3v) is 8.23. The second-order valence-electron chi connectivity index (χ2n) is 11.8. The lowest BCUT2D eigenvalue weighted by Gasteiger charge is -2.34. The van der Waals surface area contributed by atoms with Gasteiger partial charge in [0.25, 0.3) is 0 Å². The lowest BCUT2D eigenvalue weighted by Crippen LogP contribution is -2.27. The van der Waals surface area contributed by atoms with Crippen LogP contribution in [0.1, 0.15) is 108 Å². The smallest absolute Gasteiger partial charge is 0.122 e. The second-order valence-corrected chi connectivity index (χ2v) is 11.8. The Bertz CT molecular complexity index is 930. The molecule has 2 aromatic carbocycles. The predicted octanol–water partition coefficient (Wildman–Crippen LogP) is 7.93. The maximum absolute atomic E-state index is 10.5. The van der Waals surface area contributed by atoms with Gasteiger partial charge < -0.3 is 14.9 Å². The van der Waals surface area contributed by atoms with Crippen molar-refractivity contribution < 1.29 is 14.9 Å². The molecule has 3 heteroatoms. The van der Waals surface area contributed by atoms with E-state index in [0.29, 0.717) is 12.5 Å². The summed E-state index contributed by atoms with van der Waals surface area (Å²) in [5.74, 6) is 1.35. The van der Waals surface area contributed by atoms with Gasteiger partial charge in [0.05, 0.1) is 12.7 Å². The third kappa shape index (κ3) is 7.59. The molecule has 0 heterocycles. The van der Waals surface area contributed by atoms with Crippen LogP contribution in [0.15, 0.2) is 36.4 Å². The standard InChI is InChI=1S/C33H52O3/c1-9-12-26(19-20-34)23-36-30-17-16-29(22-25(30)5)33(10-2,11-3)28-15-13-27(24(4)21-28)14-18-31(35)32(6,7)8/h13,15-17,21-22,26,31,34-35H,9-12,14,18-20,23H2,1-8H3. The normalized spacial score (nSPS) is 14.1. The van der Waals surface area contributed by atoms with Gasteiger partial charge in [0.15, 0.2) is 0 Å². The van der Waals surface area contributed by atoms with Crippen LogP contribution in [0.25, 0.3) is 0 Å². The van der Waals surface area contributed by atoms with Crippen molar-refractivity contribution in [2.75, 3.05) is 13.2 Å². The Morgan fingerprint density at radius 1 is 0.833 bits per heavy atom. The summed E-state index contributed by atoms with van der Waals surface area (Å²) in [5.41, 5.74) is 6.38. The highest BCUT2D eigenvalue weighted by atomic mass is 16.5. The van der Waals surface area contributed by atoms with Crippen molar-refractivity contribution >= 4 is 0 Å². The van der Waals surface area contributed by atoms with E-state index < -0.39 is 0 Å². The molecule has 0 fully saturated rings. The molecule has 0 amide bonds. The van der Waals surface area contributed by atoms with Crippen LogP contribution in [0, 0.1) is 25.2 Å². The molecule has 0 spiro atoms. The molecule has 2 atom stereocenters. The van der Waals surface area contributed by atoms with Gasteiger partial charge in [-0.05, 0) is 97.6 Å². The number of hydrogen-bond donors (Lipinski definition) is 2. The first-order chi connectivity index (χ1) is 17.0. The van der Waals surface area contributed by atoms with Crippen LogP contribution in [0.5, 0.6) is 5.75 Å². The van der Waals surface area contributed by atoms with Gasteiger partial charge in [-0.2, -0.15) is 0 Å². The molecule has 0 aliphatic rings. The van der Waals surface area contributed by atoms with Crippen LogP contribution in [0.2, 0.25) is 0 Å². The monoisotopic (exact) mass is 496 g/mol. The van der Waals surface area contributed by atoms with E-state index in [1.54, 1.807) is 0 Å². The van der Waals surface area contributed by atoms with E-state index in [2.05, 4.69) is 91.8 Å². The van der Waals surface area contributed by atoms with Gasteiger partial charge in [0, 0.05) is 12.0 Å². The van der Waals surface area contributed by atoms with E-state index in [1.807, 2.05) is 0 Å². The topological polar surface area (TPSA) is 49.7 Å². The number of aliphatic hydroxyl groups excluding tert-OH is 2. The molecular weight excluding hydrogens is 444 g/mol. The van der Waals surface area contributed by atoms with Gasteiger partial charge in [-0.3, -0.25) is 0 Å². The lowest BCUT2D eigenvalue weighted by molar-refractivity contribution is 0.0560. The summed E-state index contributed by atoms with van der Waals surface area (Å²) in [6.45, 7) is 18.3. The summed E-state index contributed by atoms with van der Waals surface area (Å²) in [5, 5.41) is 19.9. The van der Waals surface area contributed by atoms with Gasteiger partial charge in [0.1, 0.15) is 5.75 Å². The minimum Gasteiger partial charge on any atom is -0.493 e. The van der Waals surface area contributed by atoms with Gasteiger partial charge in [-0.25, -0.2) is 0 Å². The maximum Gasteiger partial charge on any atom is 0.122 e. The van der Waals surface area contributed by atoms with E-state index in [9.17, 15) is 10.2 Å². The van der Waals surface area contributed by atoms with Crippen LogP contribution < -0.4 is 4.74 Å². The number of ether oxygens (including phenoxy) is 1. The second kappa shape index (κ2) is 13.6. The highest BCUT2D eigenvalue weighted by molar-refractivity contribution is 5.47. The van der Waals surface area contributed by atoms with Crippen molar-refractivity contribution in [2.45, 2.75) is 112 Å². The molecule has 0 radical (unpaired) electrons. The largest absolute Gasteiger partial charge is 0.493 e. The van der Waals surface area contributed by atoms with Crippen LogP contribution in [-0.2, 0) is 11.8 Å².